The van der Waals surface area contributed by atoms with Crippen molar-refractivity contribution in [1.29, 1.82) is 0 Å². The number of amides is 1. The Morgan fingerprint density at radius 3 is 2.94 bits per heavy atom. The lowest BCUT2D eigenvalue weighted by Crippen LogP contribution is -2.62. The largest absolute Gasteiger partial charge is 0.360 e. The fourth-order valence-electron chi connectivity index (χ4n) is 4.90. The van der Waals surface area contributed by atoms with Gasteiger partial charge in [0.15, 0.2) is 0 Å². The van der Waals surface area contributed by atoms with Crippen molar-refractivity contribution in [1.82, 2.24) is 29.7 Å². The molecule has 0 aliphatic carbocycles. The van der Waals surface area contributed by atoms with Crippen LogP contribution >= 0.6 is 11.6 Å². The van der Waals surface area contributed by atoms with Gasteiger partial charge in [-0.3, -0.25) is 9.69 Å². The van der Waals surface area contributed by atoms with Crippen LogP contribution in [-0.2, 0) is 4.79 Å². The Morgan fingerprint density at radius 2 is 2.11 bits per heavy atom. The number of aromatic amines is 1. The van der Waals surface area contributed by atoms with Crippen molar-refractivity contribution in [3.8, 4) is 11.3 Å². The first kappa shape index (κ1) is 23.8. The lowest BCUT2D eigenvalue weighted by Gasteiger charge is -2.47. The zero-order valence-electron chi connectivity index (χ0n) is 20.2. The van der Waals surface area contributed by atoms with E-state index in [2.05, 4.69) is 26.3 Å². The second-order valence-electron chi connectivity index (χ2n) is 9.68. The standard InChI is InChI=1S/C26H32ClN7O/c1-32(2)11-6-10-24(35)33-12-5-7-19(17-33)34-15-18(16-34)30-26-29-14-22(27)25(31-26)21-13-28-23-9-4-3-8-20(21)23/h3-4,6,8-10,13-14,18-19,28H,5,7,11-12,15-17H2,1-2H3,(H,29,30,31)/b10-6+. The van der Waals surface area contributed by atoms with Crippen molar-refractivity contribution in [2.45, 2.75) is 24.9 Å². The van der Waals surface area contributed by atoms with Crippen LogP contribution in [0.1, 0.15) is 12.8 Å². The first-order chi connectivity index (χ1) is 17.0. The zero-order valence-corrected chi connectivity index (χ0v) is 21.0. The first-order valence-electron chi connectivity index (χ1n) is 12.2. The summed E-state index contributed by atoms with van der Waals surface area (Å²) in [5.41, 5.74) is 2.74. The number of nitrogens with one attached hydrogen (secondary N) is 2. The number of nitrogens with zero attached hydrogens (tertiary/aromatic N) is 5. The summed E-state index contributed by atoms with van der Waals surface area (Å²) in [5.74, 6) is 0.705. The number of H-pyrrole nitrogens is 1. The molecule has 1 atom stereocenters. The first-order valence-corrected chi connectivity index (χ1v) is 12.6. The molecule has 2 aliphatic heterocycles. The normalized spacial score (nSPS) is 19.5. The molecule has 4 heterocycles. The summed E-state index contributed by atoms with van der Waals surface area (Å²) in [6, 6.07) is 8.79. The van der Waals surface area contributed by atoms with Crippen LogP contribution in [0.25, 0.3) is 22.2 Å². The van der Waals surface area contributed by atoms with Gasteiger partial charge in [0.05, 0.1) is 23.0 Å². The van der Waals surface area contributed by atoms with Gasteiger partial charge < -0.3 is 20.1 Å². The minimum atomic E-state index is 0.117. The highest BCUT2D eigenvalue weighted by Crippen LogP contribution is 2.32. The number of piperidine rings is 1. The van der Waals surface area contributed by atoms with E-state index in [9.17, 15) is 4.79 Å². The van der Waals surface area contributed by atoms with Crippen LogP contribution in [-0.4, -0.2) is 94.5 Å². The quantitative estimate of drug-likeness (QED) is 0.490. The summed E-state index contributed by atoms with van der Waals surface area (Å²) in [7, 11) is 4.00. The van der Waals surface area contributed by atoms with Gasteiger partial charge in [-0.05, 0) is 33.0 Å². The summed E-state index contributed by atoms with van der Waals surface area (Å²) in [6.45, 7) is 4.23. The number of anilines is 1. The minimum absolute atomic E-state index is 0.117. The number of para-hydroxylation sites is 1. The Bertz CT molecular complexity index is 1220. The van der Waals surface area contributed by atoms with E-state index in [0.717, 1.165) is 67.7 Å². The molecule has 5 rings (SSSR count). The molecule has 2 fully saturated rings. The summed E-state index contributed by atoms with van der Waals surface area (Å²) < 4.78 is 0. The number of aromatic nitrogens is 3. The molecule has 2 aromatic heterocycles. The monoisotopic (exact) mass is 493 g/mol. The van der Waals surface area contributed by atoms with E-state index in [1.54, 1.807) is 12.3 Å². The van der Waals surface area contributed by atoms with Gasteiger partial charge in [-0.25, -0.2) is 9.97 Å². The molecule has 8 nitrogen and oxygen atoms in total. The summed E-state index contributed by atoms with van der Waals surface area (Å²) in [6.07, 6.45) is 9.43. The topological polar surface area (TPSA) is 80.4 Å². The molecule has 3 aromatic rings. The predicted octanol–water partition coefficient (Wildman–Crippen LogP) is 3.48. The Morgan fingerprint density at radius 1 is 1.29 bits per heavy atom. The van der Waals surface area contributed by atoms with Gasteiger partial charge in [0.1, 0.15) is 0 Å². The smallest absolute Gasteiger partial charge is 0.246 e. The van der Waals surface area contributed by atoms with Crippen LogP contribution in [0, 0.1) is 0 Å². The van der Waals surface area contributed by atoms with Gasteiger partial charge in [-0.2, -0.15) is 0 Å². The van der Waals surface area contributed by atoms with Gasteiger partial charge in [-0.1, -0.05) is 35.9 Å². The number of carbonyl (C=O) groups is 1. The second kappa shape index (κ2) is 10.4. The summed E-state index contributed by atoms with van der Waals surface area (Å²) in [5, 5.41) is 5.08. The van der Waals surface area contributed by atoms with E-state index in [4.69, 9.17) is 16.6 Å². The van der Waals surface area contributed by atoms with Crippen molar-refractivity contribution in [2.24, 2.45) is 0 Å². The highest BCUT2D eigenvalue weighted by Gasteiger charge is 2.35. The molecular weight excluding hydrogens is 462 g/mol. The number of hydrogen-bond donors (Lipinski definition) is 2. The molecule has 184 valence electrons. The maximum absolute atomic E-state index is 12.6. The van der Waals surface area contributed by atoms with Gasteiger partial charge in [0.25, 0.3) is 0 Å². The fourth-order valence-corrected chi connectivity index (χ4v) is 5.09. The minimum Gasteiger partial charge on any atom is -0.360 e. The third-order valence-electron chi connectivity index (χ3n) is 6.79. The second-order valence-corrected chi connectivity index (χ2v) is 10.1. The Balaban J connectivity index is 1.18. The van der Waals surface area contributed by atoms with E-state index in [0.29, 0.717) is 17.0 Å². The van der Waals surface area contributed by atoms with Crippen LogP contribution in [0.5, 0.6) is 0 Å². The van der Waals surface area contributed by atoms with Crippen molar-refractivity contribution < 1.29 is 4.79 Å². The van der Waals surface area contributed by atoms with E-state index in [-0.39, 0.29) is 11.9 Å². The third kappa shape index (κ3) is 5.34. The molecule has 2 saturated heterocycles. The SMILES string of the molecule is CN(C)C/C=C/C(=O)N1CCCC(N2CC(Nc3ncc(Cl)c(-c4c[nH]c5ccccc45)n3)C2)C1. The van der Waals surface area contributed by atoms with Gasteiger partial charge in [-0.15, -0.1) is 0 Å². The number of fused-ring (bicyclic) bond motifs is 1. The van der Waals surface area contributed by atoms with Gasteiger partial charge >= 0.3 is 0 Å². The van der Waals surface area contributed by atoms with Crippen molar-refractivity contribution in [3.63, 3.8) is 0 Å². The predicted molar refractivity (Wildman–Crippen MR) is 141 cm³/mol. The highest BCUT2D eigenvalue weighted by molar-refractivity contribution is 6.33. The third-order valence-corrected chi connectivity index (χ3v) is 7.06. The van der Waals surface area contributed by atoms with E-state index >= 15 is 0 Å². The summed E-state index contributed by atoms with van der Waals surface area (Å²) in [4.78, 5) is 31.5. The number of likely N-dealkylation sites (tertiary alicyclic amines) is 2. The molecule has 0 spiro atoms. The van der Waals surface area contributed by atoms with Crippen molar-refractivity contribution >= 4 is 34.4 Å². The number of rotatable bonds is 7. The van der Waals surface area contributed by atoms with Crippen LogP contribution < -0.4 is 5.32 Å². The number of carbonyl (C=O) groups excluding carboxylic acids is 1. The molecular formula is C26H32ClN7O. The number of benzene rings is 1. The van der Waals surface area contributed by atoms with Crippen LogP contribution in [0.15, 0.2) is 48.8 Å². The van der Waals surface area contributed by atoms with E-state index in [1.807, 2.05) is 54.4 Å². The molecule has 2 N–H and O–H groups in total. The highest BCUT2D eigenvalue weighted by atomic mass is 35.5. The van der Waals surface area contributed by atoms with Crippen molar-refractivity contribution in [2.75, 3.05) is 52.1 Å². The van der Waals surface area contributed by atoms with Crippen LogP contribution in [0.4, 0.5) is 5.95 Å². The molecule has 1 unspecified atom stereocenters. The lowest BCUT2D eigenvalue weighted by atomic mass is 9.98. The average Bonchev–Trinajstić information content (AvgIpc) is 3.26. The van der Waals surface area contributed by atoms with Crippen molar-refractivity contribution in [3.05, 3.63) is 53.8 Å². The van der Waals surface area contributed by atoms with Gasteiger partial charge in [0.2, 0.25) is 11.9 Å². The molecule has 9 heteroatoms. The molecule has 35 heavy (non-hydrogen) atoms. The van der Waals surface area contributed by atoms with Crippen LogP contribution in [0.2, 0.25) is 5.02 Å². The Labute approximate surface area is 211 Å². The molecule has 1 aromatic carbocycles. The molecule has 0 saturated carbocycles. The number of hydrogen-bond acceptors (Lipinski definition) is 6. The molecule has 0 radical (unpaired) electrons. The van der Waals surface area contributed by atoms with E-state index < -0.39 is 0 Å². The van der Waals surface area contributed by atoms with Gasteiger partial charge in [0, 0.05) is 67.5 Å². The molecule has 1 amide bonds. The Hall–Kier alpha value is -2.94. The average molecular weight is 494 g/mol. The molecule has 2 aliphatic rings. The number of halogens is 1. The summed E-state index contributed by atoms with van der Waals surface area (Å²) >= 11 is 6.47. The fraction of sp³-hybridized carbons (Fsp3) is 0.423. The zero-order chi connectivity index (χ0) is 24.4. The van der Waals surface area contributed by atoms with E-state index in [1.165, 1.54) is 0 Å². The molecule has 0 bridgehead atoms. The number of likely N-dealkylation sites (N-methyl/N-ethyl adjacent to an activating group) is 1. The Kier molecular flexibility index (Phi) is 7.04. The van der Waals surface area contributed by atoms with Crippen LogP contribution in [0.3, 0.4) is 0 Å². The maximum Gasteiger partial charge on any atom is 0.246 e. The lowest BCUT2D eigenvalue weighted by molar-refractivity contribution is -0.128. The maximum atomic E-state index is 12.6.